The summed E-state index contributed by atoms with van der Waals surface area (Å²) in [4.78, 5) is 15.2. The fraction of sp³-hybridized carbons (Fsp3) is 0.632. The Morgan fingerprint density at radius 1 is 1.29 bits per heavy atom. The average Bonchev–Trinajstić information content (AvgIpc) is 3.24. The Labute approximate surface area is 150 Å². The van der Waals surface area contributed by atoms with E-state index in [0.717, 1.165) is 45.3 Å². The molecule has 4 unspecified atom stereocenters. The fourth-order valence-electron chi connectivity index (χ4n) is 4.35. The van der Waals surface area contributed by atoms with E-state index in [1.807, 2.05) is 0 Å². The molecule has 1 N–H and O–H groups in total. The molecule has 3 fully saturated rings. The molecule has 3 heterocycles. The summed E-state index contributed by atoms with van der Waals surface area (Å²) in [5.74, 6) is 0.396. The smallest absolute Gasteiger partial charge is 0.229 e. The lowest BCUT2D eigenvalue weighted by molar-refractivity contribution is -0.140. The quantitative estimate of drug-likeness (QED) is 0.911. The van der Waals surface area contributed by atoms with Crippen LogP contribution < -0.4 is 5.32 Å². The van der Waals surface area contributed by atoms with Crippen molar-refractivity contribution in [3.8, 4) is 0 Å². The maximum atomic E-state index is 13.1. The number of piperazine rings is 1. The van der Waals surface area contributed by atoms with Gasteiger partial charge in [-0.05, 0) is 36.8 Å². The minimum atomic E-state index is 0. The lowest BCUT2D eigenvalue weighted by Gasteiger charge is -2.39. The number of nitrogens with zero attached hydrogens (tertiary/aromatic N) is 1. The Balaban J connectivity index is 0.00000169. The molecule has 24 heavy (non-hydrogen) atoms. The number of halogens is 1. The van der Waals surface area contributed by atoms with Crippen molar-refractivity contribution in [3.05, 3.63) is 35.4 Å². The molecule has 0 radical (unpaired) electrons. The molecule has 1 aromatic rings. The molecule has 0 aliphatic carbocycles. The van der Waals surface area contributed by atoms with Gasteiger partial charge in [0.25, 0.3) is 0 Å². The van der Waals surface area contributed by atoms with E-state index in [0.29, 0.717) is 12.0 Å². The second kappa shape index (κ2) is 7.42. The predicted octanol–water partition coefficient (Wildman–Crippen LogP) is 2.71. The zero-order chi connectivity index (χ0) is 15.8. The summed E-state index contributed by atoms with van der Waals surface area (Å²) in [7, 11) is 0. The fourth-order valence-corrected chi connectivity index (χ4v) is 4.35. The molecule has 0 saturated carbocycles. The zero-order valence-electron chi connectivity index (χ0n) is 14.2. The van der Waals surface area contributed by atoms with E-state index in [9.17, 15) is 4.79 Å². The highest BCUT2D eigenvalue weighted by Crippen LogP contribution is 2.40. The number of amides is 1. The molecule has 3 aliphatic rings. The maximum Gasteiger partial charge on any atom is 0.229 e. The van der Waals surface area contributed by atoms with Crippen molar-refractivity contribution >= 4 is 18.3 Å². The first-order valence-electron chi connectivity index (χ1n) is 9.01. The average molecular weight is 351 g/mol. The molecule has 4 atom stereocenters. The first kappa shape index (κ1) is 17.7. The molecule has 0 spiro atoms. The summed E-state index contributed by atoms with van der Waals surface area (Å²) in [6.07, 6.45) is 4.68. The number of ether oxygens (including phenoxy) is 1. The summed E-state index contributed by atoms with van der Waals surface area (Å²) >= 11 is 0. The lowest BCUT2D eigenvalue weighted by atomic mass is 9.87. The van der Waals surface area contributed by atoms with Gasteiger partial charge in [0.2, 0.25) is 5.91 Å². The first-order chi connectivity index (χ1) is 11.3. The Bertz CT molecular complexity index is 577. The Kier molecular flexibility index (Phi) is 5.48. The molecule has 1 aromatic carbocycles. The van der Waals surface area contributed by atoms with Gasteiger partial charge in [-0.25, -0.2) is 0 Å². The number of hydrogen-bond donors (Lipinski definition) is 1. The highest BCUT2D eigenvalue weighted by molar-refractivity contribution is 5.85. The van der Waals surface area contributed by atoms with E-state index >= 15 is 0 Å². The summed E-state index contributed by atoms with van der Waals surface area (Å²) in [5, 5.41) is 3.45. The van der Waals surface area contributed by atoms with Gasteiger partial charge in [0.05, 0.1) is 24.2 Å². The Morgan fingerprint density at radius 3 is 2.71 bits per heavy atom. The largest absolute Gasteiger partial charge is 0.374 e. The second-order valence-electron chi connectivity index (χ2n) is 7.06. The molecule has 4 nitrogen and oxygen atoms in total. The molecule has 0 aromatic heterocycles. The molecule has 132 valence electrons. The van der Waals surface area contributed by atoms with Crippen molar-refractivity contribution in [1.82, 2.24) is 10.2 Å². The molecular weight excluding hydrogens is 324 g/mol. The normalized spacial score (nSPS) is 31.8. The SMILES string of the molecule is CCc1ccc(C2CNCCN2C(=O)C2CC3CCC2O3)cc1.Cl. The van der Waals surface area contributed by atoms with Crippen LogP contribution in [0.5, 0.6) is 0 Å². The third kappa shape index (κ3) is 3.19. The van der Waals surface area contributed by atoms with Crippen LogP contribution in [0.1, 0.15) is 43.4 Å². The summed E-state index contributed by atoms with van der Waals surface area (Å²) < 4.78 is 5.90. The number of aryl methyl sites for hydroxylation is 1. The first-order valence-corrected chi connectivity index (χ1v) is 9.01. The van der Waals surface area contributed by atoms with Crippen LogP contribution in [0.25, 0.3) is 0 Å². The van der Waals surface area contributed by atoms with Gasteiger partial charge in [0.15, 0.2) is 0 Å². The van der Waals surface area contributed by atoms with Gasteiger partial charge >= 0.3 is 0 Å². The van der Waals surface area contributed by atoms with E-state index in [2.05, 4.69) is 41.4 Å². The van der Waals surface area contributed by atoms with Gasteiger partial charge in [-0.2, -0.15) is 0 Å². The summed E-state index contributed by atoms with van der Waals surface area (Å²) in [6.45, 7) is 4.70. The van der Waals surface area contributed by atoms with Crippen LogP contribution in [0.15, 0.2) is 24.3 Å². The number of benzene rings is 1. The van der Waals surface area contributed by atoms with Crippen LogP contribution in [0.2, 0.25) is 0 Å². The van der Waals surface area contributed by atoms with Crippen molar-refractivity contribution in [2.24, 2.45) is 5.92 Å². The highest BCUT2D eigenvalue weighted by Gasteiger charge is 2.46. The van der Waals surface area contributed by atoms with Crippen LogP contribution in [-0.2, 0) is 16.0 Å². The van der Waals surface area contributed by atoms with Crippen LogP contribution >= 0.6 is 12.4 Å². The van der Waals surface area contributed by atoms with E-state index in [1.54, 1.807) is 0 Å². The van der Waals surface area contributed by atoms with Gasteiger partial charge in [-0.15, -0.1) is 12.4 Å². The molecule has 3 aliphatic heterocycles. The molecule has 1 amide bonds. The van der Waals surface area contributed by atoms with Crippen molar-refractivity contribution in [1.29, 1.82) is 0 Å². The lowest BCUT2D eigenvalue weighted by Crippen LogP contribution is -2.51. The number of carbonyl (C=O) groups is 1. The highest BCUT2D eigenvalue weighted by atomic mass is 35.5. The van der Waals surface area contributed by atoms with Crippen molar-refractivity contribution < 1.29 is 9.53 Å². The molecule has 5 heteroatoms. The summed E-state index contributed by atoms with van der Waals surface area (Å²) in [5.41, 5.74) is 2.59. The number of hydrogen-bond acceptors (Lipinski definition) is 3. The van der Waals surface area contributed by atoms with E-state index in [1.165, 1.54) is 11.1 Å². The third-order valence-corrected chi connectivity index (χ3v) is 5.72. The van der Waals surface area contributed by atoms with Gasteiger partial charge in [-0.3, -0.25) is 4.79 Å². The van der Waals surface area contributed by atoms with E-state index in [4.69, 9.17) is 4.74 Å². The van der Waals surface area contributed by atoms with Crippen molar-refractivity contribution in [2.75, 3.05) is 19.6 Å². The number of fused-ring (bicyclic) bond motifs is 2. The Hall–Kier alpha value is -1.10. The van der Waals surface area contributed by atoms with Crippen LogP contribution in [0.4, 0.5) is 0 Å². The molecule has 2 bridgehead atoms. The molecule has 3 saturated heterocycles. The molecule has 4 rings (SSSR count). The van der Waals surface area contributed by atoms with Crippen LogP contribution in [0.3, 0.4) is 0 Å². The van der Waals surface area contributed by atoms with Crippen LogP contribution in [-0.4, -0.2) is 42.6 Å². The maximum absolute atomic E-state index is 13.1. The topological polar surface area (TPSA) is 41.6 Å². The third-order valence-electron chi connectivity index (χ3n) is 5.72. The minimum absolute atomic E-state index is 0. The zero-order valence-corrected chi connectivity index (χ0v) is 15.1. The number of rotatable bonds is 3. The van der Waals surface area contributed by atoms with Gasteiger partial charge in [0.1, 0.15) is 0 Å². The standard InChI is InChI=1S/C19H26N2O2.ClH/c1-2-13-3-5-14(6-4-13)17-12-20-9-10-21(17)19(22)16-11-15-7-8-18(16)23-15;/h3-6,15-18,20H,2,7-12H2,1H3;1H. The summed E-state index contributed by atoms with van der Waals surface area (Å²) in [6, 6.07) is 8.91. The number of nitrogens with one attached hydrogen (secondary N) is 1. The van der Waals surface area contributed by atoms with Gasteiger partial charge in [-0.1, -0.05) is 31.2 Å². The monoisotopic (exact) mass is 350 g/mol. The number of carbonyl (C=O) groups excluding carboxylic acids is 1. The van der Waals surface area contributed by atoms with Crippen LogP contribution in [0, 0.1) is 5.92 Å². The predicted molar refractivity (Wildman–Crippen MR) is 96.4 cm³/mol. The van der Waals surface area contributed by atoms with Gasteiger partial charge < -0.3 is 15.0 Å². The minimum Gasteiger partial charge on any atom is -0.374 e. The Morgan fingerprint density at radius 2 is 2.08 bits per heavy atom. The van der Waals surface area contributed by atoms with E-state index < -0.39 is 0 Å². The van der Waals surface area contributed by atoms with E-state index in [-0.39, 0.29) is 30.5 Å². The van der Waals surface area contributed by atoms with Crippen molar-refractivity contribution in [3.63, 3.8) is 0 Å². The van der Waals surface area contributed by atoms with Gasteiger partial charge in [0, 0.05) is 19.6 Å². The second-order valence-corrected chi connectivity index (χ2v) is 7.06. The van der Waals surface area contributed by atoms with Crippen molar-refractivity contribution in [2.45, 2.75) is 50.9 Å². The molecular formula is C19H27ClN2O2.